The van der Waals surface area contributed by atoms with Crippen LogP contribution in [-0.2, 0) is 27.5 Å². The van der Waals surface area contributed by atoms with Gasteiger partial charge in [-0.05, 0) is 28.8 Å². The highest BCUT2D eigenvalue weighted by atomic mass is 35.5. The van der Waals surface area contributed by atoms with Crippen molar-refractivity contribution in [1.29, 1.82) is 0 Å². The van der Waals surface area contributed by atoms with Crippen LogP contribution in [0.15, 0.2) is 71.9 Å². The number of hydrogen-bond donors (Lipinski definition) is 0. The standard InChI is InChI=1S/C27H19Cl3F4N2O3/c28-20-10-19(11-21(29)23(20)30)26(27(32,33)34)12-22(35-39-26)17-6-8-18(9-7-17)25(31)14-36(15-25)24(37)38-13-16-4-2-1-3-5-16/h1-11H,12-15H2/t26-/m0/s1. The molecule has 2 aliphatic rings. The van der Waals surface area contributed by atoms with Crippen molar-refractivity contribution in [1.82, 2.24) is 4.90 Å². The molecule has 0 radical (unpaired) electrons. The highest BCUT2D eigenvalue weighted by Gasteiger charge is 2.62. The van der Waals surface area contributed by atoms with Crippen LogP contribution in [0.4, 0.5) is 22.4 Å². The summed E-state index contributed by atoms with van der Waals surface area (Å²) in [4.78, 5) is 18.5. The van der Waals surface area contributed by atoms with Gasteiger partial charge in [0.15, 0.2) is 5.67 Å². The number of carbonyl (C=O) groups is 1. The molecule has 12 heteroatoms. The monoisotopic (exact) mass is 600 g/mol. The predicted octanol–water partition coefficient (Wildman–Crippen LogP) is 8.05. The number of likely N-dealkylation sites (tertiary alicyclic amines) is 1. The van der Waals surface area contributed by atoms with Crippen molar-refractivity contribution >= 4 is 46.6 Å². The molecule has 1 amide bonds. The van der Waals surface area contributed by atoms with E-state index in [1.165, 1.54) is 29.2 Å². The summed E-state index contributed by atoms with van der Waals surface area (Å²) in [6, 6.07) is 17.0. The van der Waals surface area contributed by atoms with Gasteiger partial charge in [0, 0.05) is 12.0 Å². The first-order valence-corrected chi connectivity index (χ1v) is 12.8. The summed E-state index contributed by atoms with van der Waals surface area (Å²) < 4.78 is 63.5. The number of benzene rings is 3. The molecular weight excluding hydrogens is 583 g/mol. The van der Waals surface area contributed by atoms with Crippen LogP contribution in [0.2, 0.25) is 15.1 Å². The number of carbonyl (C=O) groups excluding carboxylic acids is 1. The number of amides is 1. The van der Waals surface area contributed by atoms with Gasteiger partial charge in [0.1, 0.15) is 6.61 Å². The van der Waals surface area contributed by atoms with E-state index in [9.17, 15) is 18.0 Å². The van der Waals surface area contributed by atoms with Crippen LogP contribution in [0.1, 0.15) is 28.7 Å². The first-order chi connectivity index (χ1) is 18.4. The summed E-state index contributed by atoms with van der Waals surface area (Å²) in [5, 5.41) is 3.32. The predicted molar refractivity (Wildman–Crippen MR) is 139 cm³/mol. The number of alkyl halides is 4. The van der Waals surface area contributed by atoms with E-state index in [1.807, 2.05) is 30.3 Å². The minimum absolute atomic E-state index is 0.00806. The number of nitrogens with zero attached hydrogens (tertiary/aromatic N) is 2. The van der Waals surface area contributed by atoms with Crippen LogP contribution in [-0.4, -0.2) is 36.0 Å². The molecule has 204 valence electrons. The van der Waals surface area contributed by atoms with E-state index in [1.54, 1.807) is 0 Å². The Morgan fingerprint density at radius 1 is 0.974 bits per heavy atom. The van der Waals surface area contributed by atoms with Gasteiger partial charge in [-0.1, -0.05) is 94.6 Å². The minimum Gasteiger partial charge on any atom is -0.445 e. The zero-order chi connectivity index (χ0) is 28.0. The van der Waals surface area contributed by atoms with E-state index in [0.717, 1.165) is 17.7 Å². The number of ether oxygens (including phenoxy) is 1. The van der Waals surface area contributed by atoms with Gasteiger partial charge in [0.25, 0.3) is 5.60 Å². The Kier molecular flexibility index (Phi) is 7.20. The smallest absolute Gasteiger partial charge is 0.435 e. The van der Waals surface area contributed by atoms with E-state index in [4.69, 9.17) is 44.4 Å². The molecule has 2 heterocycles. The maximum Gasteiger partial charge on any atom is 0.435 e. The fourth-order valence-electron chi connectivity index (χ4n) is 4.49. The third kappa shape index (κ3) is 5.15. The molecule has 0 unspecified atom stereocenters. The average molecular weight is 602 g/mol. The van der Waals surface area contributed by atoms with Gasteiger partial charge < -0.3 is 14.5 Å². The quantitative estimate of drug-likeness (QED) is 0.220. The van der Waals surface area contributed by atoms with E-state index in [0.29, 0.717) is 5.56 Å². The fourth-order valence-corrected chi connectivity index (χ4v) is 5.09. The number of rotatable bonds is 5. The molecule has 5 nitrogen and oxygen atoms in total. The molecule has 39 heavy (non-hydrogen) atoms. The molecule has 0 N–H and O–H groups in total. The third-order valence-corrected chi connectivity index (χ3v) is 7.91. The number of halogens is 7. The molecular formula is C27H19Cl3F4N2O3. The molecule has 3 aromatic rings. The van der Waals surface area contributed by atoms with Crippen molar-refractivity contribution in [3.05, 3.63) is 104 Å². The van der Waals surface area contributed by atoms with Gasteiger partial charge in [0.05, 0.1) is 33.9 Å². The largest absolute Gasteiger partial charge is 0.445 e. The van der Waals surface area contributed by atoms with Crippen LogP contribution in [0.25, 0.3) is 0 Å². The van der Waals surface area contributed by atoms with Gasteiger partial charge in [0.2, 0.25) is 0 Å². The number of hydrogen-bond acceptors (Lipinski definition) is 4. The molecule has 1 fully saturated rings. The lowest BCUT2D eigenvalue weighted by atomic mass is 9.85. The Bertz CT molecular complexity index is 1410. The van der Waals surface area contributed by atoms with E-state index >= 15 is 4.39 Å². The van der Waals surface area contributed by atoms with Crippen LogP contribution >= 0.6 is 34.8 Å². The van der Waals surface area contributed by atoms with Crippen molar-refractivity contribution in [2.45, 2.75) is 30.5 Å². The first kappa shape index (κ1) is 27.6. The van der Waals surface area contributed by atoms with Crippen molar-refractivity contribution in [2.75, 3.05) is 13.1 Å². The minimum atomic E-state index is -4.87. The second-order valence-corrected chi connectivity index (χ2v) is 10.5. The lowest BCUT2D eigenvalue weighted by Gasteiger charge is -2.43. The van der Waals surface area contributed by atoms with Gasteiger partial charge in [-0.3, -0.25) is 0 Å². The SMILES string of the molecule is O=C(OCc1ccccc1)N1CC(F)(c2ccc(C3=NO[C@@](c4cc(Cl)c(Cl)c(Cl)c4)(C(F)(F)F)C3)cc2)C1. The molecule has 0 saturated carbocycles. The maximum absolute atomic E-state index is 15.4. The molecule has 0 bridgehead atoms. The maximum atomic E-state index is 15.4. The lowest BCUT2D eigenvalue weighted by Crippen LogP contribution is -2.58. The van der Waals surface area contributed by atoms with Gasteiger partial charge in [-0.15, -0.1) is 0 Å². The summed E-state index contributed by atoms with van der Waals surface area (Å²) in [6.45, 7) is -0.346. The van der Waals surface area contributed by atoms with Crippen LogP contribution in [0.5, 0.6) is 0 Å². The zero-order valence-corrected chi connectivity index (χ0v) is 22.2. The molecule has 0 aromatic heterocycles. The van der Waals surface area contributed by atoms with Crippen LogP contribution < -0.4 is 0 Å². The van der Waals surface area contributed by atoms with Crippen molar-refractivity contribution in [2.24, 2.45) is 5.16 Å². The molecule has 1 atom stereocenters. The topological polar surface area (TPSA) is 51.1 Å². The second-order valence-electron chi connectivity index (χ2n) is 9.32. The molecule has 5 rings (SSSR count). The molecule has 0 spiro atoms. The zero-order valence-electron chi connectivity index (χ0n) is 19.9. The molecule has 3 aromatic carbocycles. The van der Waals surface area contributed by atoms with Crippen molar-refractivity contribution < 1.29 is 31.9 Å². The Balaban J connectivity index is 1.26. The summed E-state index contributed by atoms with van der Waals surface area (Å²) in [6.07, 6.45) is -6.16. The third-order valence-electron chi connectivity index (χ3n) is 6.72. The second kappa shape index (κ2) is 10.2. The van der Waals surface area contributed by atoms with E-state index in [2.05, 4.69) is 5.16 Å². The van der Waals surface area contributed by atoms with Gasteiger partial charge in [-0.25, -0.2) is 9.18 Å². The van der Waals surface area contributed by atoms with E-state index < -0.39 is 30.0 Å². The normalized spacial score (nSPS) is 20.2. The van der Waals surface area contributed by atoms with Crippen LogP contribution in [0.3, 0.4) is 0 Å². The van der Waals surface area contributed by atoms with Crippen LogP contribution in [0, 0.1) is 0 Å². The van der Waals surface area contributed by atoms with Gasteiger partial charge >= 0.3 is 12.3 Å². The molecule has 0 aliphatic carbocycles. The van der Waals surface area contributed by atoms with Gasteiger partial charge in [-0.2, -0.15) is 13.2 Å². The summed E-state index contributed by atoms with van der Waals surface area (Å²) >= 11 is 17.8. The highest BCUT2D eigenvalue weighted by Crippen LogP contribution is 2.50. The summed E-state index contributed by atoms with van der Waals surface area (Å²) in [7, 11) is 0. The summed E-state index contributed by atoms with van der Waals surface area (Å²) in [5.41, 5.74) is -3.58. The van der Waals surface area contributed by atoms with Crippen molar-refractivity contribution in [3.63, 3.8) is 0 Å². The fraction of sp³-hybridized carbons (Fsp3) is 0.259. The van der Waals surface area contributed by atoms with Crippen molar-refractivity contribution in [3.8, 4) is 0 Å². The Morgan fingerprint density at radius 2 is 1.59 bits per heavy atom. The molecule has 1 saturated heterocycles. The average Bonchev–Trinajstić information content (AvgIpc) is 3.36. The Labute approximate surface area is 235 Å². The Hall–Kier alpha value is -3.01. The first-order valence-electron chi connectivity index (χ1n) is 11.6. The number of oxime groups is 1. The Morgan fingerprint density at radius 3 is 2.18 bits per heavy atom. The lowest BCUT2D eigenvalue weighted by molar-refractivity contribution is -0.275. The summed E-state index contributed by atoms with van der Waals surface area (Å²) in [5.74, 6) is 0. The molecule has 2 aliphatic heterocycles. The van der Waals surface area contributed by atoms with E-state index in [-0.39, 0.29) is 51.6 Å². The highest BCUT2D eigenvalue weighted by molar-refractivity contribution is 6.48.